The first-order chi connectivity index (χ1) is 12.6. The number of esters is 1. The van der Waals surface area contributed by atoms with E-state index < -0.39 is 11.6 Å². The molecule has 144 valence electrons. The number of ether oxygens (including phenoxy) is 1. The maximum absolute atomic E-state index is 13.6. The van der Waals surface area contributed by atoms with Gasteiger partial charge in [-0.25, -0.2) is 8.78 Å². The quantitative estimate of drug-likeness (QED) is 0.321. The Bertz CT molecular complexity index is 617. The van der Waals surface area contributed by atoms with E-state index in [2.05, 4.69) is 15.6 Å². The molecule has 0 aromatic heterocycles. The Balaban J connectivity index is 1.60. The summed E-state index contributed by atoms with van der Waals surface area (Å²) in [5.41, 5.74) is 0.322. The fourth-order valence-electron chi connectivity index (χ4n) is 2.96. The summed E-state index contributed by atoms with van der Waals surface area (Å²) in [6.07, 6.45) is 5.70. The predicted octanol–water partition coefficient (Wildman–Crippen LogP) is 2.94. The summed E-state index contributed by atoms with van der Waals surface area (Å²) < 4.78 is 32.1. The van der Waals surface area contributed by atoms with Crippen molar-refractivity contribution in [3.63, 3.8) is 0 Å². The maximum atomic E-state index is 13.6. The Hall–Kier alpha value is -2.18. The van der Waals surface area contributed by atoms with Gasteiger partial charge in [-0.2, -0.15) is 0 Å². The number of hydrogen-bond donors (Lipinski definition) is 2. The minimum absolute atomic E-state index is 0.105. The minimum atomic E-state index is -0.451. The van der Waals surface area contributed by atoms with Crippen molar-refractivity contribution in [2.75, 3.05) is 20.1 Å². The number of carbonyl (C=O) groups is 1. The van der Waals surface area contributed by atoms with Crippen LogP contribution < -0.4 is 10.6 Å². The van der Waals surface area contributed by atoms with Crippen LogP contribution in [0.2, 0.25) is 0 Å². The lowest BCUT2D eigenvalue weighted by Crippen LogP contribution is -2.39. The molecule has 1 aromatic rings. The summed E-state index contributed by atoms with van der Waals surface area (Å²) in [5.74, 6) is -0.459. The number of rotatable bonds is 8. The largest absolute Gasteiger partial charge is 0.462 e. The molecule has 7 heteroatoms. The molecule has 1 saturated carbocycles. The number of nitrogens with zero attached hydrogens (tertiary/aromatic N) is 1. The molecule has 26 heavy (non-hydrogen) atoms. The number of aliphatic imine (C=N–C) groups is 1. The Morgan fingerprint density at radius 1 is 1.23 bits per heavy atom. The summed E-state index contributed by atoms with van der Waals surface area (Å²) >= 11 is 0. The molecule has 1 aliphatic carbocycles. The zero-order chi connectivity index (χ0) is 18.8. The van der Waals surface area contributed by atoms with Gasteiger partial charge < -0.3 is 15.4 Å². The standard InChI is InChI=1S/C19H27F2N3O2/c1-22-19(24-12-10-14-13-15(20)8-9-17(14)21)23-11-4-7-18(25)26-16-5-2-3-6-16/h8-9,13,16H,2-7,10-12H2,1H3,(H2,22,23,24). The van der Waals surface area contributed by atoms with Crippen LogP contribution in [0.5, 0.6) is 0 Å². The van der Waals surface area contributed by atoms with Crippen LogP contribution in [0.25, 0.3) is 0 Å². The topological polar surface area (TPSA) is 62.7 Å². The average molecular weight is 367 g/mol. The number of nitrogens with one attached hydrogen (secondary N) is 2. The predicted molar refractivity (Wildman–Crippen MR) is 97.0 cm³/mol. The second kappa shape index (κ2) is 10.7. The third kappa shape index (κ3) is 6.98. The summed E-state index contributed by atoms with van der Waals surface area (Å²) in [6.45, 7) is 0.998. The van der Waals surface area contributed by atoms with Crippen molar-refractivity contribution in [1.82, 2.24) is 10.6 Å². The van der Waals surface area contributed by atoms with Crippen LogP contribution in [0.4, 0.5) is 8.78 Å². The van der Waals surface area contributed by atoms with Crippen molar-refractivity contribution in [1.29, 1.82) is 0 Å². The number of benzene rings is 1. The molecule has 0 aliphatic heterocycles. The summed E-state index contributed by atoms with van der Waals surface area (Å²) in [6, 6.07) is 3.43. The lowest BCUT2D eigenvalue weighted by atomic mass is 10.1. The van der Waals surface area contributed by atoms with Gasteiger partial charge in [-0.3, -0.25) is 9.79 Å². The van der Waals surface area contributed by atoms with E-state index in [1.807, 2.05) is 0 Å². The Morgan fingerprint density at radius 2 is 1.96 bits per heavy atom. The third-order valence-electron chi connectivity index (χ3n) is 4.37. The van der Waals surface area contributed by atoms with Crippen LogP contribution in [0.3, 0.4) is 0 Å². The van der Waals surface area contributed by atoms with Crippen molar-refractivity contribution in [3.05, 3.63) is 35.4 Å². The molecule has 0 unspecified atom stereocenters. The van der Waals surface area contributed by atoms with Gasteiger partial charge in [0, 0.05) is 26.6 Å². The highest BCUT2D eigenvalue weighted by Crippen LogP contribution is 2.21. The zero-order valence-corrected chi connectivity index (χ0v) is 15.2. The molecule has 0 radical (unpaired) electrons. The zero-order valence-electron chi connectivity index (χ0n) is 15.2. The lowest BCUT2D eigenvalue weighted by Gasteiger charge is -2.13. The van der Waals surface area contributed by atoms with E-state index in [1.54, 1.807) is 7.05 Å². The van der Waals surface area contributed by atoms with Crippen LogP contribution in [0, 0.1) is 11.6 Å². The molecule has 2 rings (SSSR count). The van der Waals surface area contributed by atoms with Gasteiger partial charge in [0.05, 0.1) is 0 Å². The second-order valence-corrected chi connectivity index (χ2v) is 6.41. The van der Waals surface area contributed by atoms with Gasteiger partial charge in [0.1, 0.15) is 17.7 Å². The number of halogens is 2. The van der Waals surface area contributed by atoms with E-state index in [0.717, 1.165) is 37.8 Å². The highest BCUT2D eigenvalue weighted by atomic mass is 19.1. The second-order valence-electron chi connectivity index (χ2n) is 6.41. The maximum Gasteiger partial charge on any atom is 0.306 e. The van der Waals surface area contributed by atoms with E-state index in [4.69, 9.17) is 4.74 Å². The molecule has 0 atom stereocenters. The van der Waals surface area contributed by atoms with Crippen LogP contribution in [-0.2, 0) is 16.0 Å². The van der Waals surface area contributed by atoms with Crippen molar-refractivity contribution < 1.29 is 18.3 Å². The van der Waals surface area contributed by atoms with Gasteiger partial charge in [0.2, 0.25) is 0 Å². The van der Waals surface area contributed by atoms with Gasteiger partial charge in [-0.15, -0.1) is 0 Å². The normalized spacial score (nSPS) is 15.1. The summed E-state index contributed by atoms with van der Waals surface area (Å²) in [5, 5.41) is 6.14. The van der Waals surface area contributed by atoms with Gasteiger partial charge in [-0.1, -0.05) is 0 Å². The van der Waals surface area contributed by atoms with Crippen molar-refractivity contribution in [2.24, 2.45) is 4.99 Å². The van der Waals surface area contributed by atoms with Gasteiger partial charge in [-0.05, 0) is 62.3 Å². The van der Waals surface area contributed by atoms with Crippen LogP contribution in [0.15, 0.2) is 23.2 Å². The molecular formula is C19H27F2N3O2. The smallest absolute Gasteiger partial charge is 0.306 e. The first-order valence-electron chi connectivity index (χ1n) is 9.16. The summed E-state index contributed by atoms with van der Waals surface area (Å²) in [7, 11) is 1.63. The van der Waals surface area contributed by atoms with E-state index in [1.165, 1.54) is 6.07 Å². The molecule has 0 bridgehead atoms. The van der Waals surface area contributed by atoms with Gasteiger partial charge >= 0.3 is 5.97 Å². The Kier molecular flexibility index (Phi) is 8.31. The van der Waals surface area contributed by atoms with Crippen molar-refractivity contribution in [2.45, 2.75) is 51.0 Å². The Morgan fingerprint density at radius 3 is 2.69 bits per heavy atom. The first kappa shape index (κ1) is 20.1. The van der Waals surface area contributed by atoms with E-state index in [9.17, 15) is 13.6 Å². The molecule has 0 spiro atoms. The van der Waals surface area contributed by atoms with Crippen LogP contribution in [-0.4, -0.2) is 38.2 Å². The third-order valence-corrected chi connectivity index (χ3v) is 4.37. The molecule has 0 heterocycles. The number of hydrogen-bond acceptors (Lipinski definition) is 3. The molecular weight excluding hydrogens is 340 g/mol. The molecule has 1 aliphatic rings. The molecule has 1 aromatic carbocycles. The highest BCUT2D eigenvalue weighted by Gasteiger charge is 2.18. The minimum Gasteiger partial charge on any atom is -0.462 e. The molecule has 0 saturated heterocycles. The highest BCUT2D eigenvalue weighted by molar-refractivity contribution is 5.79. The molecule has 0 amide bonds. The Labute approximate surface area is 153 Å². The molecule has 1 fully saturated rings. The van der Waals surface area contributed by atoms with E-state index in [-0.39, 0.29) is 12.1 Å². The van der Waals surface area contributed by atoms with Gasteiger partial charge in [0.25, 0.3) is 0 Å². The molecule has 2 N–H and O–H groups in total. The van der Waals surface area contributed by atoms with E-state index >= 15 is 0 Å². The number of carbonyl (C=O) groups excluding carboxylic acids is 1. The SMILES string of the molecule is CN=C(NCCCC(=O)OC1CCCC1)NCCc1cc(F)ccc1F. The fraction of sp³-hybridized carbons (Fsp3) is 0.579. The van der Waals surface area contributed by atoms with Crippen LogP contribution in [0.1, 0.15) is 44.1 Å². The molecule has 5 nitrogen and oxygen atoms in total. The fourth-order valence-corrected chi connectivity index (χ4v) is 2.96. The average Bonchev–Trinajstić information content (AvgIpc) is 3.12. The van der Waals surface area contributed by atoms with Crippen molar-refractivity contribution >= 4 is 11.9 Å². The van der Waals surface area contributed by atoms with Crippen molar-refractivity contribution in [3.8, 4) is 0 Å². The summed E-state index contributed by atoms with van der Waals surface area (Å²) in [4.78, 5) is 15.8. The van der Waals surface area contributed by atoms with E-state index in [0.29, 0.717) is 43.9 Å². The number of guanidine groups is 1. The lowest BCUT2D eigenvalue weighted by molar-refractivity contribution is -0.148. The first-order valence-corrected chi connectivity index (χ1v) is 9.16. The monoisotopic (exact) mass is 367 g/mol. The van der Waals surface area contributed by atoms with Crippen LogP contribution >= 0.6 is 0 Å². The van der Waals surface area contributed by atoms with Gasteiger partial charge in [0.15, 0.2) is 5.96 Å².